The molecule has 5 aliphatic rings. The number of alkyl halides is 2. The lowest BCUT2D eigenvalue weighted by Gasteiger charge is -2.63. The van der Waals surface area contributed by atoms with E-state index in [0.717, 1.165) is 12.5 Å². The zero-order valence-electron chi connectivity index (χ0n) is 19.2. The van der Waals surface area contributed by atoms with E-state index in [1.54, 1.807) is 13.8 Å². The third kappa shape index (κ3) is 2.61. The zero-order chi connectivity index (χ0) is 24.0. The molecule has 1 saturated heterocycles. The highest BCUT2D eigenvalue weighted by Crippen LogP contribution is 2.72. The molecule has 6 nitrogen and oxygen atoms in total. The van der Waals surface area contributed by atoms with Gasteiger partial charge in [-0.15, -0.1) is 0 Å². The molecule has 0 bridgehead atoms. The Morgan fingerprint density at radius 1 is 1.27 bits per heavy atom. The minimum absolute atomic E-state index is 0.0613. The van der Waals surface area contributed by atoms with Crippen molar-refractivity contribution < 1.29 is 38.1 Å². The van der Waals surface area contributed by atoms with E-state index in [1.165, 1.54) is 12.2 Å². The number of hydrogen-bond donors (Lipinski definition) is 2. The van der Waals surface area contributed by atoms with Crippen molar-refractivity contribution in [2.45, 2.75) is 88.8 Å². The van der Waals surface area contributed by atoms with Crippen molar-refractivity contribution >= 4 is 11.6 Å². The molecule has 5 rings (SSSR count). The summed E-state index contributed by atoms with van der Waals surface area (Å²) < 4.78 is 45.0. The van der Waals surface area contributed by atoms with Gasteiger partial charge in [0.15, 0.2) is 29.1 Å². The monoisotopic (exact) mass is 466 g/mol. The Kier molecular flexibility index (Phi) is 5.12. The average Bonchev–Trinajstić information content (AvgIpc) is 3.24. The molecule has 0 amide bonds. The van der Waals surface area contributed by atoms with Crippen molar-refractivity contribution in [3.05, 3.63) is 23.8 Å². The van der Waals surface area contributed by atoms with Crippen molar-refractivity contribution in [1.29, 1.82) is 0 Å². The summed E-state index contributed by atoms with van der Waals surface area (Å²) >= 11 is 0. The summed E-state index contributed by atoms with van der Waals surface area (Å²) in [7, 11) is 0. The molecular weight excluding hydrogens is 434 g/mol. The minimum Gasteiger partial charge on any atom is -0.390 e. The van der Waals surface area contributed by atoms with Gasteiger partial charge in [-0.05, 0) is 56.3 Å². The maximum atomic E-state index is 17.2. The molecule has 10 atom stereocenters. The van der Waals surface area contributed by atoms with Gasteiger partial charge in [-0.2, -0.15) is 0 Å². The molecule has 0 spiro atoms. The van der Waals surface area contributed by atoms with Crippen molar-refractivity contribution in [1.82, 2.24) is 0 Å². The van der Waals surface area contributed by atoms with E-state index < -0.39 is 76.8 Å². The average molecular weight is 467 g/mol. The van der Waals surface area contributed by atoms with E-state index in [0.29, 0.717) is 6.42 Å². The lowest BCUT2D eigenvalue weighted by Crippen LogP contribution is -2.70. The lowest BCUT2D eigenvalue weighted by atomic mass is 9.44. The molecule has 0 aromatic rings. The zero-order valence-corrected chi connectivity index (χ0v) is 19.2. The summed E-state index contributed by atoms with van der Waals surface area (Å²) in [6.45, 7) is 4.53. The Hall–Kier alpha value is -1.48. The minimum atomic E-state index is -2.23. The van der Waals surface area contributed by atoms with Crippen molar-refractivity contribution in [3.8, 4) is 0 Å². The van der Waals surface area contributed by atoms with Crippen molar-refractivity contribution in [2.24, 2.45) is 22.7 Å². The number of fused-ring (bicyclic) bond motifs is 7. The number of aliphatic hydroxyl groups excluding tert-OH is 2. The molecule has 0 aromatic heterocycles. The summed E-state index contributed by atoms with van der Waals surface area (Å²) in [5, 5.41) is 21.2. The first kappa shape index (κ1) is 23.3. The van der Waals surface area contributed by atoms with Crippen molar-refractivity contribution in [2.75, 3.05) is 6.61 Å². The van der Waals surface area contributed by atoms with Crippen LogP contribution in [0.25, 0.3) is 0 Å². The Bertz CT molecular complexity index is 949. The molecule has 1 heterocycles. The Labute approximate surface area is 192 Å². The predicted molar refractivity (Wildman–Crippen MR) is 113 cm³/mol. The van der Waals surface area contributed by atoms with Gasteiger partial charge in [-0.25, -0.2) is 8.78 Å². The second kappa shape index (κ2) is 7.26. The number of Topliss-reactive ketones (excluding diaryl/α,β-unsaturated/α-hetero) is 1. The molecule has 2 N–H and O–H groups in total. The number of ketones is 2. The number of hydrogen-bond acceptors (Lipinski definition) is 6. The fourth-order valence-electron chi connectivity index (χ4n) is 8.00. The van der Waals surface area contributed by atoms with E-state index in [4.69, 9.17) is 9.47 Å². The van der Waals surface area contributed by atoms with Gasteiger partial charge in [0.2, 0.25) is 0 Å². The number of allylic oxidation sites excluding steroid dienone is 4. The molecule has 182 valence electrons. The van der Waals surface area contributed by atoms with Gasteiger partial charge in [0.1, 0.15) is 12.8 Å². The van der Waals surface area contributed by atoms with Crippen LogP contribution in [0.3, 0.4) is 0 Å². The quantitative estimate of drug-likeness (QED) is 0.662. The first-order valence-electron chi connectivity index (χ1n) is 11.9. The van der Waals surface area contributed by atoms with E-state index in [9.17, 15) is 19.8 Å². The Balaban J connectivity index is 1.62. The molecule has 0 radical (unpaired) electrons. The molecule has 0 aromatic carbocycles. The second-order valence-corrected chi connectivity index (χ2v) is 10.9. The van der Waals surface area contributed by atoms with Crippen LogP contribution in [0.1, 0.15) is 52.9 Å². The van der Waals surface area contributed by atoms with Gasteiger partial charge in [-0.3, -0.25) is 9.59 Å². The summed E-state index contributed by atoms with van der Waals surface area (Å²) in [5.74, 6) is -2.38. The van der Waals surface area contributed by atoms with E-state index in [1.807, 2.05) is 6.92 Å². The van der Waals surface area contributed by atoms with Gasteiger partial charge in [0, 0.05) is 16.7 Å². The largest absolute Gasteiger partial charge is 0.390 e. The number of rotatable bonds is 4. The molecule has 8 heteroatoms. The SMILES string of the molecule is CCCC1OC2C[C@H]3C4C[C@H](F)C5=CC(=O)C=C[C@]5(C)[C@@]4(F)C(O)C[C@]3(C)[C@]2(C(=O)CO)O1. The summed E-state index contributed by atoms with van der Waals surface area (Å²) in [6, 6.07) is 0. The first-order valence-corrected chi connectivity index (χ1v) is 11.9. The first-order chi connectivity index (χ1) is 15.5. The van der Waals surface area contributed by atoms with Gasteiger partial charge in [0.25, 0.3) is 0 Å². The maximum absolute atomic E-state index is 17.2. The molecule has 4 fully saturated rings. The van der Waals surface area contributed by atoms with Crippen LogP contribution in [0.4, 0.5) is 8.78 Å². The number of carbonyl (C=O) groups excluding carboxylic acids is 2. The van der Waals surface area contributed by atoms with E-state index in [2.05, 4.69) is 0 Å². The number of halogens is 2. The molecule has 3 saturated carbocycles. The predicted octanol–water partition coefficient (Wildman–Crippen LogP) is 2.76. The standard InChI is InChI=1S/C25H32F2O6/c1-4-5-21-32-20-10-14-15-9-17(26)16-8-13(29)6-7-22(16,2)24(15,27)18(30)11-23(14,3)25(20,33-21)19(31)12-28/h6-8,14-15,17-18,20-21,28,30H,4-5,9-12H2,1-3H3/t14-,15?,17-,18?,20?,21?,22-,23-,24-,25+/m0/s1. The summed E-state index contributed by atoms with van der Waals surface area (Å²) in [6.07, 6.45) is 0.682. The molecular formula is C25H32F2O6. The van der Waals surface area contributed by atoms with Crippen LogP contribution >= 0.6 is 0 Å². The smallest absolute Gasteiger partial charge is 0.193 e. The topological polar surface area (TPSA) is 93.1 Å². The highest BCUT2D eigenvalue weighted by molar-refractivity contribution is 6.01. The molecule has 4 unspecified atom stereocenters. The summed E-state index contributed by atoms with van der Waals surface area (Å²) in [4.78, 5) is 25.1. The fraction of sp³-hybridized carbons (Fsp3) is 0.760. The summed E-state index contributed by atoms with van der Waals surface area (Å²) in [5.41, 5.74) is -6.22. The molecule has 4 aliphatic carbocycles. The van der Waals surface area contributed by atoms with Crippen LogP contribution in [-0.2, 0) is 19.1 Å². The third-order valence-electron chi connectivity index (χ3n) is 9.50. The van der Waals surface area contributed by atoms with Crippen LogP contribution in [0.2, 0.25) is 0 Å². The highest BCUT2D eigenvalue weighted by atomic mass is 19.1. The second-order valence-electron chi connectivity index (χ2n) is 10.9. The molecule has 1 aliphatic heterocycles. The normalized spacial score (nSPS) is 52.6. The highest BCUT2D eigenvalue weighted by Gasteiger charge is 2.79. The van der Waals surface area contributed by atoms with Gasteiger partial charge < -0.3 is 19.7 Å². The van der Waals surface area contributed by atoms with Crippen LogP contribution in [-0.4, -0.2) is 64.3 Å². The number of aliphatic hydroxyl groups is 2. The lowest BCUT2D eigenvalue weighted by molar-refractivity contribution is -0.234. The van der Waals surface area contributed by atoms with Crippen LogP contribution in [0, 0.1) is 22.7 Å². The fourth-order valence-corrected chi connectivity index (χ4v) is 8.00. The van der Waals surface area contributed by atoms with Gasteiger partial charge >= 0.3 is 0 Å². The Morgan fingerprint density at radius 3 is 2.67 bits per heavy atom. The third-order valence-corrected chi connectivity index (χ3v) is 9.50. The number of ether oxygens (including phenoxy) is 2. The Morgan fingerprint density at radius 2 is 2.00 bits per heavy atom. The van der Waals surface area contributed by atoms with E-state index in [-0.39, 0.29) is 24.8 Å². The number of carbonyl (C=O) groups is 2. The van der Waals surface area contributed by atoms with Crippen molar-refractivity contribution in [3.63, 3.8) is 0 Å². The van der Waals surface area contributed by atoms with Crippen LogP contribution < -0.4 is 0 Å². The van der Waals surface area contributed by atoms with Crippen LogP contribution in [0.15, 0.2) is 23.8 Å². The molecule has 33 heavy (non-hydrogen) atoms. The maximum Gasteiger partial charge on any atom is 0.193 e. The van der Waals surface area contributed by atoms with E-state index >= 15 is 8.78 Å². The van der Waals surface area contributed by atoms with Crippen LogP contribution in [0.5, 0.6) is 0 Å². The van der Waals surface area contributed by atoms with Gasteiger partial charge in [0.05, 0.1) is 12.2 Å². The van der Waals surface area contributed by atoms with Gasteiger partial charge in [-0.1, -0.05) is 26.3 Å².